The first kappa shape index (κ1) is 21.5. The minimum Gasteiger partial charge on any atom is -0.459 e. The summed E-state index contributed by atoms with van der Waals surface area (Å²) in [6.07, 6.45) is 8.26. The van der Waals surface area contributed by atoms with Crippen LogP contribution in [0.15, 0.2) is 59.3 Å². The van der Waals surface area contributed by atoms with Gasteiger partial charge in [-0.05, 0) is 37.1 Å². The van der Waals surface area contributed by atoms with Crippen molar-refractivity contribution in [3.8, 4) is 0 Å². The zero-order chi connectivity index (χ0) is 22.3. The van der Waals surface area contributed by atoms with E-state index in [1.807, 2.05) is 30.3 Å². The molecule has 0 radical (unpaired) electrons. The van der Waals surface area contributed by atoms with Crippen LogP contribution in [0.3, 0.4) is 0 Å². The van der Waals surface area contributed by atoms with Gasteiger partial charge in [0.15, 0.2) is 5.76 Å². The standard InChI is InChI=1S/C24H26N4O4/c29-22(27-18-8-2-1-3-9-18)16-28(19-13-17-7-4-5-10-20(17)25-14-19)23(30)15-26-24(31)21-11-6-12-32-21/h4-7,10-14,18H,1-3,8-9,15-16H2,(H,26,31)(H,27,29). The van der Waals surface area contributed by atoms with Crippen LogP contribution in [0.4, 0.5) is 5.69 Å². The normalized spacial score (nSPS) is 14.1. The Morgan fingerprint density at radius 3 is 2.66 bits per heavy atom. The molecule has 3 aromatic rings. The highest BCUT2D eigenvalue weighted by atomic mass is 16.3. The Balaban J connectivity index is 1.49. The fraction of sp³-hybridized carbons (Fsp3) is 0.333. The predicted molar refractivity (Wildman–Crippen MR) is 120 cm³/mol. The molecule has 0 atom stereocenters. The maximum absolute atomic E-state index is 13.1. The molecule has 1 aromatic carbocycles. The van der Waals surface area contributed by atoms with Gasteiger partial charge in [0.2, 0.25) is 11.8 Å². The third kappa shape index (κ3) is 5.32. The Morgan fingerprint density at radius 1 is 1.06 bits per heavy atom. The van der Waals surface area contributed by atoms with E-state index in [1.54, 1.807) is 12.3 Å². The molecule has 0 unspecified atom stereocenters. The number of rotatable bonds is 7. The number of nitrogens with one attached hydrogen (secondary N) is 2. The lowest BCUT2D eigenvalue weighted by atomic mass is 9.95. The number of para-hydroxylation sites is 1. The summed E-state index contributed by atoms with van der Waals surface area (Å²) in [6, 6.07) is 12.6. The maximum Gasteiger partial charge on any atom is 0.287 e. The number of furan rings is 1. The molecule has 8 nitrogen and oxygen atoms in total. The van der Waals surface area contributed by atoms with Gasteiger partial charge < -0.3 is 15.1 Å². The van der Waals surface area contributed by atoms with Crippen LogP contribution >= 0.6 is 0 Å². The van der Waals surface area contributed by atoms with E-state index in [-0.39, 0.29) is 30.8 Å². The highest BCUT2D eigenvalue weighted by Gasteiger charge is 2.23. The smallest absolute Gasteiger partial charge is 0.287 e. The van der Waals surface area contributed by atoms with Crippen LogP contribution in [0, 0.1) is 0 Å². The van der Waals surface area contributed by atoms with Gasteiger partial charge in [0.1, 0.15) is 6.54 Å². The highest BCUT2D eigenvalue weighted by Crippen LogP contribution is 2.21. The van der Waals surface area contributed by atoms with E-state index in [1.165, 1.54) is 23.7 Å². The van der Waals surface area contributed by atoms with Crippen LogP contribution in [-0.4, -0.2) is 41.8 Å². The molecule has 4 rings (SSSR count). The first-order valence-electron chi connectivity index (χ1n) is 10.9. The van der Waals surface area contributed by atoms with Gasteiger partial charge in [-0.2, -0.15) is 0 Å². The summed E-state index contributed by atoms with van der Waals surface area (Å²) in [6.45, 7) is -0.422. The van der Waals surface area contributed by atoms with Crippen molar-refractivity contribution in [1.82, 2.24) is 15.6 Å². The first-order valence-corrected chi connectivity index (χ1v) is 10.9. The second kappa shape index (κ2) is 10.1. The largest absolute Gasteiger partial charge is 0.459 e. The van der Waals surface area contributed by atoms with Crippen molar-refractivity contribution in [2.75, 3.05) is 18.0 Å². The number of hydrogen-bond donors (Lipinski definition) is 2. The summed E-state index contributed by atoms with van der Waals surface area (Å²) >= 11 is 0. The van der Waals surface area contributed by atoms with Gasteiger partial charge >= 0.3 is 0 Å². The quantitative estimate of drug-likeness (QED) is 0.595. The van der Waals surface area contributed by atoms with E-state index in [4.69, 9.17) is 4.42 Å². The first-order chi connectivity index (χ1) is 15.6. The van der Waals surface area contributed by atoms with Crippen molar-refractivity contribution < 1.29 is 18.8 Å². The Kier molecular flexibility index (Phi) is 6.79. The molecular weight excluding hydrogens is 408 g/mol. The number of amides is 3. The van der Waals surface area contributed by atoms with Crippen molar-refractivity contribution >= 4 is 34.3 Å². The van der Waals surface area contributed by atoms with Crippen LogP contribution in [0.5, 0.6) is 0 Å². The maximum atomic E-state index is 13.1. The summed E-state index contributed by atoms with van der Waals surface area (Å²) in [5, 5.41) is 6.45. The molecule has 0 aliphatic heterocycles. The van der Waals surface area contributed by atoms with E-state index in [0.717, 1.165) is 36.6 Å². The molecule has 1 aliphatic carbocycles. The Labute approximate surface area is 186 Å². The van der Waals surface area contributed by atoms with E-state index in [2.05, 4.69) is 15.6 Å². The zero-order valence-electron chi connectivity index (χ0n) is 17.8. The SMILES string of the molecule is O=C(CN(C(=O)CNC(=O)c1ccco1)c1cnc2ccccc2c1)NC1CCCCC1. The second-order valence-electron chi connectivity index (χ2n) is 7.93. The van der Waals surface area contributed by atoms with Crippen molar-refractivity contribution in [3.63, 3.8) is 0 Å². The zero-order valence-corrected chi connectivity index (χ0v) is 17.8. The van der Waals surface area contributed by atoms with E-state index >= 15 is 0 Å². The number of pyridine rings is 1. The Hall–Kier alpha value is -3.68. The summed E-state index contributed by atoms with van der Waals surface area (Å²) < 4.78 is 5.06. The fourth-order valence-corrected chi connectivity index (χ4v) is 3.94. The van der Waals surface area contributed by atoms with Crippen LogP contribution < -0.4 is 15.5 Å². The van der Waals surface area contributed by atoms with Gasteiger partial charge in [0.25, 0.3) is 5.91 Å². The molecule has 2 heterocycles. The van der Waals surface area contributed by atoms with Crippen molar-refractivity contribution in [1.29, 1.82) is 0 Å². The van der Waals surface area contributed by atoms with Gasteiger partial charge in [-0.1, -0.05) is 37.5 Å². The van der Waals surface area contributed by atoms with Crippen LogP contribution in [0.25, 0.3) is 10.9 Å². The Bertz CT molecular complexity index is 1090. The molecule has 0 spiro atoms. The molecule has 1 saturated carbocycles. The monoisotopic (exact) mass is 434 g/mol. The second-order valence-corrected chi connectivity index (χ2v) is 7.93. The number of fused-ring (bicyclic) bond motifs is 1. The van der Waals surface area contributed by atoms with Crippen LogP contribution in [0.2, 0.25) is 0 Å². The van der Waals surface area contributed by atoms with Gasteiger partial charge in [-0.3, -0.25) is 24.3 Å². The van der Waals surface area contributed by atoms with E-state index in [0.29, 0.717) is 5.69 Å². The molecule has 3 amide bonds. The number of nitrogens with zero attached hydrogens (tertiary/aromatic N) is 2. The summed E-state index contributed by atoms with van der Waals surface area (Å²) in [5.41, 5.74) is 1.29. The van der Waals surface area contributed by atoms with E-state index in [9.17, 15) is 14.4 Å². The average molecular weight is 434 g/mol. The lowest BCUT2D eigenvalue weighted by molar-refractivity contribution is -0.124. The summed E-state index contributed by atoms with van der Waals surface area (Å²) in [4.78, 5) is 43.8. The predicted octanol–water partition coefficient (Wildman–Crippen LogP) is 3.04. The van der Waals surface area contributed by atoms with Gasteiger partial charge in [-0.25, -0.2) is 0 Å². The lowest BCUT2D eigenvalue weighted by Gasteiger charge is -2.26. The van der Waals surface area contributed by atoms with Crippen molar-refractivity contribution in [2.45, 2.75) is 38.1 Å². The minimum atomic E-state index is -0.494. The van der Waals surface area contributed by atoms with E-state index < -0.39 is 11.8 Å². The fourth-order valence-electron chi connectivity index (χ4n) is 3.94. The number of aromatic nitrogens is 1. The number of anilines is 1. The number of benzene rings is 1. The summed E-state index contributed by atoms with van der Waals surface area (Å²) in [5.74, 6) is -1.02. The molecule has 0 saturated heterocycles. The van der Waals surface area contributed by atoms with Crippen LogP contribution in [-0.2, 0) is 9.59 Å². The number of hydrogen-bond acceptors (Lipinski definition) is 5. The average Bonchev–Trinajstić information content (AvgIpc) is 3.36. The molecular formula is C24H26N4O4. The molecule has 0 bridgehead atoms. The topological polar surface area (TPSA) is 105 Å². The molecule has 1 fully saturated rings. The Morgan fingerprint density at radius 2 is 1.88 bits per heavy atom. The third-order valence-electron chi connectivity index (χ3n) is 5.61. The molecule has 8 heteroatoms. The van der Waals surface area contributed by atoms with Crippen molar-refractivity contribution in [2.24, 2.45) is 0 Å². The summed E-state index contributed by atoms with van der Waals surface area (Å²) in [7, 11) is 0. The third-order valence-corrected chi connectivity index (χ3v) is 5.61. The van der Waals surface area contributed by atoms with Gasteiger partial charge in [0, 0.05) is 11.4 Å². The highest BCUT2D eigenvalue weighted by molar-refractivity contribution is 6.03. The lowest BCUT2D eigenvalue weighted by Crippen LogP contribution is -2.47. The number of carbonyl (C=O) groups excluding carboxylic acids is 3. The van der Waals surface area contributed by atoms with Crippen LogP contribution in [0.1, 0.15) is 42.7 Å². The molecule has 32 heavy (non-hydrogen) atoms. The minimum absolute atomic E-state index is 0.117. The van der Waals surface area contributed by atoms with Gasteiger partial charge in [-0.15, -0.1) is 0 Å². The van der Waals surface area contributed by atoms with Crippen molar-refractivity contribution in [3.05, 3.63) is 60.7 Å². The van der Waals surface area contributed by atoms with Gasteiger partial charge in [0.05, 0.1) is 30.2 Å². The molecule has 166 valence electrons. The molecule has 1 aliphatic rings. The number of carbonyl (C=O) groups is 3. The molecule has 2 N–H and O–H groups in total. The molecule has 2 aromatic heterocycles.